The van der Waals surface area contributed by atoms with Gasteiger partial charge in [0.1, 0.15) is 0 Å². The molecule has 1 aromatic carbocycles. The molecular formula is C17H26N2O2. The van der Waals surface area contributed by atoms with Crippen LogP contribution in [0.25, 0.3) is 0 Å². The average molecular weight is 290 g/mol. The summed E-state index contributed by atoms with van der Waals surface area (Å²) in [7, 11) is 2.12. The molecule has 0 aliphatic carbocycles. The number of benzene rings is 1. The lowest BCUT2D eigenvalue weighted by atomic mass is 9.81. The summed E-state index contributed by atoms with van der Waals surface area (Å²) < 4.78 is 0. The van der Waals surface area contributed by atoms with Gasteiger partial charge in [0.2, 0.25) is 5.91 Å². The number of aliphatic hydroxyl groups excluding tert-OH is 1. The molecule has 0 saturated carbocycles. The maximum atomic E-state index is 12.1. The van der Waals surface area contributed by atoms with Gasteiger partial charge in [-0.15, -0.1) is 0 Å². The zero-order chi connectivity index (χ0) is 15.3. The monoisotopic (exact) mass is 290 g/mol. The van der Waals surface area contributed by atoms with E-state index in [-0.39, 0.29) is 17.9 Å². The van der Waals surface area contributed by atoms with Crippen LogP contribution < -0.4 is 5.32 Å². The van der Waals surface area contributed by atoms with Crippen molar-refractivity contribution in [2.75, 3.05) is 20.1 Å². The number of likely N-dealkylation sites (tertiary alicyclic amines) is 1. The van der Waals surface area contributed by atoms with E-state index in [4.69, 9.17) is 0 Å². The third-order valence-electron chi connectivity index (χ3n) is 4.21. The van der Waals surface area contributed by atoms with Crippen molar-refractivity contribution in [3.05, 3.63) is 35.9 Å². The molecule has 1 unspecified atom stereocenters. The van der Waals surface area contributed by atoms with E-state index in [2.05, 4.69) is 29.4 Å². The quantitative estimate of drug-likeness (QED) is 0.866. The lowest BCUT2D eigenvalue weighted by Gasteiger charge is -2.41. The Morgan fingerprint density at radius 2 is 1.95 bits per heavy atom. The second-order valence-corrected chi connectivity index (χ2v) is 6.35. The highest BCUT2D eigenvalue weighted by Gasteiger charge is 2.35. The summed E-state index contributed by atoms with van der Waals surface area (Å²) in [6, 6.07) is 10.3. The first kappa shape index (κ1) is 16.0. The topological polar surface area (TPSA) is 52.6 Å². The van der Waals surface area contributed by atoms with Crippen LogP contribution in [-0.4, -0.2) is 47.7 Å². The number of hydrogen-bond donors (Lipinski definition) is 2. The number of carbonyl (C=O) groups is 1. The van der Waals surface area contributed by atoms with E-state index in [1.54, 1.807) is 6.92 Å². The Balaban J connectivity index is 2.09. The van der Waals surface area contributed by atoms with Gasteiger partial charge in [0.05, 0.1) is 12.5 Å². The fraction of sp³-hybridized carbons (Fsp3) is 0.588. The first-order valence-corrected chi connectivity index (χ1v) is 7.71. The molecule has 1 saturated heterocycles. The van der Waals surface area contributed by atoms with Crippen molar-refractivity contribution in [1.82, 2.24) is 10.2 Å². The molecule has 0 spiro atoms. The number of hydrogen-bond acceptors (Lipinski definition) is 3. The highest BCUT2D eigenvalue weighted by molar-refractivity contribution is 5.77. The van der Waals surface area contributed by atoms with Gasteiger partial charge in [-0.1, -0.05) is 30.3 Å². The fourth-order valence-electron chi connectivity index (χ4n) is 2.99. The number of nitrogens with zero attached hydrogens (tertiary/aromatic N) is 1. The summed E-state index contributed by atoms with van der Waals surface area (Å²) in [6.07, 6.45) is 2.33. The molecule has 1 fully saturated rings. The third kappa shape index (κ3) is 4.83. The largest absolute Gasteiger partial charge is 0.393 e. The van der Waals surface area contributed by atoms with Crippen LogP contribution >= 0.6 is 0 Å². The van der Waals surface area contributed by atoms with Crippen LogP contribution in [0.15, 0.2) is 30.3 Å². The molecule has 1 atom stereocenters. The second kappa shape index (κ2) is 7.05. The van der Waals surface area contributed by atoms with Crippen molar-refractivity contribution in [2.45, 2.75) is 44.2 Å². The highest BCUT2D eigenvalue weighted by atomic mass is 16.3. The number of rotatable bonds is 5. The lowest BCUT2D eigenvalue weighted by molar-refractivity contribution is -0.125. The Labute approximate surface area is 127 Å². The van der Waals surface area contributed by atoms with E-state index >= 15 is 0 Å². The summed E-state index contributed by atoms with van der Waals surface area (Å²) in [4.78, 5) is 14.4. The Kier molecular flexibility index (Phi) is 5.37. The first-order valence-electron chi connectivity index (χ1n) is 7.71. The average Bonchev–Trinajstić information content (AvgIpc) is 2.42. The van der Waals surface area contributed by atoms with Gasteiger partial charge in [-0.05, 0) is 38.8 Å². The normalized spacial score (nSPS) is 20.0. The molecule has 0 aromatic heterocycles. The number of nitrogens with one attached hydrogen (secondary N) is 1. The Morgan fingerprint density at radius 3 is 2.52 bits per heavy atom. The molecule has 4 nitrogen and oxygen atoms in total. The predicted molar refractivity (Wildman–Crippen MR) is 84.0 cm³/mol. The van der Waals surface area contributed by atoms with E-state index < -0.39 is 6.10 Å². The van der Waals surface area contributed by atoms with Gasteiger partial charge in [-0.2, -0.15) is 0 Å². The minimum atomic E-state index is -0.593. The molecule has 1 aliphatic heterocycles. The molecule has 21 heavy (non-hydrogen) atoms. The molecule has 1 aliphatic rings. The van der Waals surface area contributed by atoms with Crippen molar-refractivity contribution in [1.29, 1.82) is 0 Å². The van der Waals surface area contributed by atoms with Crippen LogP contribution in [-0.2, 0) is 11.2 Å². The SMILES string of the molecule is CC(O)CC(=O)NC1(Cc2ccccc2)CCN(C)CC1. The molecule has 1 aromatic rings. The summed E-state index contributed by atoms with van der Waals surface area (Å²) in [5.74, 6) is -0.0505. The van der Waals surface area contributed by atoms with Gasteiger partial charge in [-0.3, -0.25) is 4.79 Å². The van der Waals surface area contributed by atoms with Gasteiger partial charge in [0.15, 0.2) is 0 Å². The van der Waals surface area contributed by atoms with E-state index in [1.165, 1.54) is 5.56 Å². The molecule has 4 heteroatoms. The van der Waals surface area contributed by atoms with Gasteiger partial charge < -0.3 is 15.3 Å². The van der Waals surface area contributed by atoms with Gasteiger partial charge in [0, 0.05) is 18.6 Å². The maximum absolute atomic E-state index is 12.1. The second-order valence-electron chi connectivity index (χ2n) is 6.35. The zero-order valence-corrected chi connectivity index (χ0v) is 13.0. The molecule has 1 heterocycles. The van der Waals surface area contributed by atoms with Gasteiger partial charge in [-0.25, -0.2) is 0 Å². The van der Waals surface area contributed by atoms with Crippen LogP contribution in [0.2, 0.25) is 0 Å². The van der Waals surface area contributed by atoms with Crippen LogP contribution in [0, 0.1) is 0 Å². The van der Waals surface area contributed by atoms with Crippen molar-refractivity contribution in [2.24, 2.45) is 0 Å². The molecule has 2 rings (SSSR count). The lowest BCUT2D eigenvalue weighted by Crippen LogP contribution is -2.56. The maximum Gasteiger partial charge on any atom is 0.223 e. The smallest absolute Gasteiger partial charge is 0.223 e. The number of carbonyl (C=O) groups excluding carboxylic acids is 1. The molecule has 1 amide bonds. The number of aliphatic hydroxyl groups is 1. The fourth-order valence-corrected chi connectivity index (χ4v) is 2.99. The Morgan fingerprint density at radius 1 is 1.33 bits per heavy atom. The summed E-state index contributed by atoms with van der Waals surface area (Å²) >= 11 is 0. The highest BCUT2D eigenvalue weighted by Crippen LogP contribution is 2.26. The third-order valence-corrected chi connectivity index (χ3v) is 4.21. The molecule has 116 valence electrons. The minimum absolute atomic E-state index is 0.0505. The number of piperidine rings is 1. The van der Waals surface area contributed by atoms with Crippen LogP contribution in [0.3, 0.4) is 0 Å². The molecule has 0 bridgehead atoms. The van der Waals surface area contributed by atoms with Crippen LogP contribution in [0.5, 0.6) is 0 Å². The van der Waals surface area contributed by atoms with Crippen LogP contribution in [0.1, 0.15) is 31.7 Å². The Bertz CT molecular complexity index is 451. The van der Waals surface area contributed by atoms with Gasteiger partial charge in [0.25, 0.3) is 0 Å². The molecule has 2 N–H and O–H groups in total. The summed E-state index contributed by atoms with van der Waals surface area (Å²) in [5, 5.41) is 12.6. The van der Waals surface area contributed by atoms with Crippen molar-refractivity contribution < 1.29 is 9.90 Å². The van der Waals surface area contributed by atoms with Crippen molar-refractivity contribution >= 4 is 5.91 Å². The van der Waals surface area contributed by atoms with E-state index in [0.29, 0.717) is 0 Å². The van der Waals surface area contributed by atoms with Crippen molar-refractivity contribution in [3.8, 4) is 0 Å². The first-order chi connectivity index (χ1) is 9.99. The van der Waals surface area contributed by atoms with E-state index in [0.717, 1.165) is 32.4 Å². The van der Waals surface area contributed by atoms with Crippen LogP contribution in [0.4, 0.5) is 0 Å². The summed E-state index contributed by atoms with van der Waals surface area (Å²) in [6.45, 7) is 3.63. The van der Waals surface area contributed by atoms with E-state index in [1.807, 2.05) is 18.2 Å². The molecular weight excluding hydrogens is 264 g/mol. The van der Waals surface area contributed by atoms with Gasteiger partial charge >= 0.3 is 0 Å². The predicted octanol–water partition coefficient (Wildman–Crippen LogP) is 1.58. The summed E-state index contributed by atoms with van der Waals surface area (Å²) in [5.41, 5.74) is 1.07. The van der Waals surface area contributed by atoms with Crippen molar-refractivity contribution in [3.63, 3.8) is 0 Å². The standard InChI is InChI=1S/C17H26N2O2/c1-14(20)12-16(21)18-17(8-10-19(2)11-9-17)13-15-6-4-3-5-7-15/h3-7,14,20H,8-13H2,1-2H3,(H,18,21). The minimum Gasteiger partial charge on any atom is -0.393 e. The zero-order valence-electron chi connectivity index (χ0n) is 13.0. The Hall–Kier alpha value is -1.39. The number of amides is 1. The molecule has 0 radical (unpaired) electrons. The van der Waals surface area contributed by atoms with E-state index in [9.17, 15) is 9.90 Å².